The van der Waals surface area contributed by atoms with Crippen LogP contribution in [0, 0.1) is 11.8 Å². The Morgan fingerprint density at radius 3 is 2.58 bits per heavy atom. The number of carbonyl (C=O) groups excluding carboxylic acids is 1. The van der Waals surface area contributed by atoms with Gasteiger partial charge in [-0.05, 0) is 50.3 Å². The maximum atomic E-state index is 12.4. The smallest absolute Gasteiger partial charge is 0.327 e. The van der Waals surface area contributed by atoms with Crippen molar-refractivity contribution in [1.29, 1.82) is 0 Å². The molecule has 1 rings (SSSR count). The lowest BCUT2D eigenvalue weighted by molar-refractivity contribution is -0.151. The maximum absolute atomic E-state index is 12.4. The summed E-state index contributed by atoms with van der Waals surface area (Å²) < 4.78 is 5.32. The molecule has 0 spiro atoms. The summed E-state index contributed by atoms with van der Waals surface area (Å²) in [6, 6.07) is 0. The van der Waals surface area contributed by atoms with Crippen molar-refractivity contribution in [3.63, 3.8) is 0 Å². The fourth-order valence-electron chi connectivity index (χ4n) is 2.31. The first-order valence-corrected chi connectivity index (χ1v) is 8.72. The summed E-state index contributed by atoms with van der Waals surface area (Å²) in [5.41, 5.74) is -0.438. The molecule has 19 heavy (non-hydrogen) atoms. The fourth-order valence-corrected chi connectivity index (χ4v) is 3.87. The Labute approximate surface area is 122 Å². The molecule has 3 nitrogen and oxygen atoms in total. The van der Waals surface area contributed by atoms with Gasteiger partial charge in [0.1, 0.15) is 5.54 Å². The average molecular weight is 287 g/mol. The SMILES string of the molecule is CCNC(CSCCC(C)C)(C(=O)OCC)C1CC1. The minimum atomic E-state index is -0.438. The number of rotatable bonds is 10. The van der Waals surface area contributed by atoms with Gasteiger partial charge in [-0.25, -0.2) is 0 Å². The highest BCUT2D eigenvalue weighted by Gasteiger charge is 2.51. The zero-order chi connectivity index (χ0) is 14.3. The third-order valence-electron chi connectivity index (χ3n) is 3.58. The summed E-state index contributed by atoms with van der Waals surface area (Å²) in [4.78, 5) is 12.4. The summed E-state index contributed by atoms with van der Waals surface area (Å²) in [7, 11) is 0. The van der Waals surface area contributed by atoms with Gasteiger partial charge in [0.25, 0.3) is 0 Å². The van der Waals surface area contributed by atoms with Crippen LogP contribution in [0.25, 0.3) is 0 Å². The van der Waals surface area contributed by atoms with Gasteiger partial charge in [-0.2, -0.15) is 11.8 Å². The van der Waals surface area contributed by atoms with E-state index in [1.807, 2.05) is 18.7 Å². The molecule has 0 aromatic carbocycles. The molecule has 1 aliphatic carbocycles. The van der Waals surface area contributed by atoms with Crippen molar-refractivity contribution in [3.8, 4) is 0 Å². The van der Waals surface area contributed by atoms with Crippen molar-refractivity contribution in [2.24, 2.45) is 11.8 Å². The molecule has 0 amide bonds. The molecular formula is C15H29NO2S. The molecule has 0 heterocycles. The zero-order valence-corrected chi connectivity index (χ0v) is 13.6. The van der Waals surface area contributed by atoms with Gasteiger partial charge in [-0.1, -0.05) is 20.8 Å². The molecule has 0 radical (unpaired) electrons. The first-order chi connectivity index (χ1) is 9.06. The van der Waals surface area contributed by atoms with E-state index in [4.69, 9.17) is 4.74 Å². The van der Waals surface area contributed by atoms with Crippen molar-refractivity contribution in [1.82, 2.24) is 5.32 Å². The van der Waals surface area contributed by atoms with E-state index in [9.17, 15) is 4.79 Å². The van der Waals surface area contributed by atoms with Crippen molar-refractivity contribution in [3.05, 3.63) is 0 Å². The van der Waals surface area contributed by atoms with Crippen molar-refractivity contribution >= 4 is 17.7 Å². The van der Waals surface area contributed by atoms with Crippen LogP contribution in [0.2, 0.25) is 0 Å². The Hall–Kier alpha value is -0.220. The summed E-state index contributed by atoms with van der Waals surface area (Å²) in [5, 5.41) is 3.44. The van der Waals surface area contributed by atoms with Gasteiger partial charge < -0.3 is 10.1 Å². The number of likely N-dealkylation sites (N-methyl/N-ethyl adjacent to an activating group) is 1. The Bertz CT molecular complexity index is 279. The predicted octanol–water partition coefficient (Wildman–Crippen LogP) is 3.09. The normalized spacial score (nSPS) is 18.4. The minimum Gasteiger partial charge on any atom is -0.465 e. The molecule has 1 fully saturated rings. The number of esters is 1. The lowest BCUT2D eigenvalue weighted by Crippen LogP contribution is -2.57. The molecule has 1 saturated carbocycles. The van der Waals surface area contributed by atoms with Crippen molar-refractivity contribution in [2.75, 3.05) is 24.7 Å². The molecule has 1 N–H and O–H groups in total. The van der Waals surface area contributed by atoms with Crippen molar-refractivity contribution < 1.29 is 9.53 Å². The number of hydrogen-bond acceptors (Lipinski definition) is 4. The van der Waals surface area contributed by atoms with E-state index < -0.39 is 5.54 Å². The van der Waals surface area contributed by atoms with Gasteiger partial charge in [-0.15, -0.1) is 0 Å². The number of hydrogen-bond donors (Lipinski definition) is 1. The third kappa shape index (κ3) is 4.99. The molecule has 0 aromatic heterocycles. The third-order valence-corrected chi connectivity index (χ3v) is 4.76. The number of carbonyl (C=O) groups is 1. The summed E-state index contributed by atoms with van der Waals surface area (Å²) >= 11 is 1.89. The number of thioether (sulfide) groups is 1. The van der Waals surface area contributed by atoms with Gasteiger partial charge in [0.05, 0.1) is 6.61 Å². The second-order valence-electron chi connectivity index (χ2n) is 5.73. The lowest BCUT2D eigenvalue weighted by Gasteiger charge is -2.32. The Kier molecular flexibility index (Phi) is 7.22. The molecule has 112 valence electrons. The summed E-state index contributed by atoms with van der Waals surface area (Å²) in [6.45, 7) is 9.71. The van der Waals surface area contributed by atoms with Gasteiger partial charge in [0.2, 0.25) is 0 Å². The average Bonchev–Trinajstić information content (AvgIpc) is 3.17. The molecule has 0 aromatic rings. The molecule has 1 aliphatic rings. The summed E-state index contributed by atoms with van der Waals surface area (Å²) in [5.74, 6) is 3.12. The van der Waals surface area contributed by atoms with Crippen LogP contribution in [0.4, 0.5) is 0 Å². The zero-order valence-electron chi connectivity index (χ0n) is 12.8. The highest BCUT2D eigenvalue weighted by Crippen LogP contribution is 2.42. The highest BCUT2D eigenvalue weighted by atomic mass is 32.2. The van der Waals surface area contributed by atoms with E-state index in [1.165, 1.54) is 6.42 Å². The highest BCUT2D eigenvalue weighted by molar-refractivity contribution is 7.99. The fraction of sp³-hybridized carbons (Fsp3) is 0.933. The van der Waals surface area contributed by atoms with E-state index in [2.05, 4.69) is 26.1 Å². The van der Waals surface area contributed by atoms with Crippen LogP contribution in [0.1, 0.15) is 47.0 Å². The van der Waals surface area contributed by atoms with Gasteiger partial charge in [-0.3, -0.25) is 4.79 Å². The van der Waals surface area contributed by atoms with Gasteiger partial charge in [0, 0.05) is 5.75 Å². The molecule has 4 heteroatoms. The largest absolute Gasteiger partial charge is 0.465 e. The van der Waals surface area contributed by atoms with Gasteiger partial charge >= 0.3 is 5.97 Å². The van der Waals surface area contributed by atoms with Crippen LogP contribution in [0.3, 0.4) is 0 Å². The molecule has 1 atom stereocenters. The first-order valence-electron chi connectivity index (χ1n) is 7.56. The van der Waals surface area contributed by atoms with Gasteiger partial charge in [0.15, 0.2) is 0 Å². The summed E-state index contributed by atoms with van der Waals surface area (Å²) in [6.07, 6.45) is 3.51. The molecule has 1 unspecified atom stereocenters. The Morgan fingerprint density at radius 1 is 1.42 bits per heavy atom. The molecule has 0 bridgehead atoms. The maximum Gasteiger partial charge on any atom is 0.327 e. The number of nitrogens with one attached hydrogen (secondary N) is 1. The van der Waals surface area contributed by atoms with Crippen LogP contribution in [0.5, 0.6) is 0 Å². The van der Waals surface area contributed by atoms with E-state index in [1.54, 1.807) is 0 Å². The minimum absolute atomic E-state index is 0.0450. The predicted molar refractivity (Wildman–Crippen MR) is 82.5 cm³/mol. The first kappa shape index (κ1) is 16.8. The molecule has 0 saturated heterocycles. The molecular weight excluding hydrogens is 258 g/mol. The van der Waals surface area contributed by atoms with E-state index in [-0.39, 0.29) is 5.97 Å². The quantitative estimate of drug-likeness (QED) is 0.495. The van der Waals surface area contributed by atoms with Crippen LogP contribution in [-0.2, 0) is 9.53 Å². The van der Waals surface area contributed by atoms with E-state index in [0.29, 0.717) is 12.5 Å². The second-order valence-corrected chi connectivity index (χ2v) is 6.84. The van der Waals surface area contributed by atoms with Crippen LogP contribution in [-0.4, -0.2) is 36.2 Å². The monoisotopic (exact) mass is 287 g/mol. The number of ether oxygens (including phenoxy) is 1. The van der Waals surface area contributed by atoms with Crippen LogP contribution >= 0.6 is 11.8 Å². The van der Waals surface area contributed by atoms with Crippen molar-refractivity contribution in [2.45, 2.75) is 52.5 Å². The second kappa shape index (κ2) is 8.15. The van der Waals surface area contributed by atoms with E-state index >= 15 is 0 Å². The topological polar surface area (TPSA) is 38.3 Å². The lowest BCUT2D eigenvalue weighted by atomic mass is 9.95. The Morgan fingerprint density at radius 2 is 2.11 bits per heavy atom. The Balaban J connectivity index is 2.59. The molecule has 0 aliphatic heterocycles. The van der Waals surface area contributed by atoms with Crippen LogP contribution in [0.15, 0.2) is 0 Å². The van der Waals surface area contributed by atoms with E-state index in [0.717, 1.165) is 36.8 Å². The standard InChI is InChI=1S/C15H29NO2S/c1-5-16-15(13-7-8-13,14(17)18-6-2)11-19-10-9-12(3)4/h12-13,16H,5-11H2,1-4H3. The van der Waals surface area contributed by atoms with Crippen LogP contribution < -0.4 is 5.32 Å².